The molecule has 2 atom stereocenters. The van der Waals surface area contributed by atoms with Crippen molar-refractivity contribution in [1.82, 2.24) is 4.31 Å². The van der Waals surface area contributed by atoms with E-state index in [9.17, 15) is 8.42 Å². The summed E-state index contributed by atoms with van der Waals surface area (Å²) >= 11 is 0. The molecule has 0 N–H and O–H groups in total. The standard InChI is InChI=1S/C23H37NO3S/c1-15(2)18-13-19(16(3)4)23(20(14-18)17(5)6)28(25,26)24-11-7-9-21-22(27-21)10-8-12-24/h13-17,21-22H,7-12H2,1-6H3/t21-,22+. The quantitative estimate of drug-likeness (QED) is 0.615. The number of nitrogens with zero attached hydrogens (tertiary/aromatic N) is 1. The van der Waals surface area contributed by atoms with E-state index >= 15 is 0 Å². The van der Waals surface area contributed by atoms with Crippen molar-refractivity contribution in [3.8, 4) is 0 Å². The smallest absolute Gasteiger partial charge is 0.243 e. The zero-order valence-corrected chi connectivity index (χ0v) is 19.2. The zero-order valence-electron chi connectivity index (χ0n) is 18.4. The van der Waals surface area contributed by atoms with Crippen molar-refractivity contribution in [2.45, 2.75) is 102 Å². The fourth-order valence-corrected chi connectivity index (χ4v) is 6.48. The van der Waals surface area contributed by atoms with Crippen molar-refractivity contribution in [3.63, 3.8) is 0 Å². The van der Waals surface area contributed by atoms with E-state index in [2.05, 4.69) is 53.7 Å². The van der Waals surface area contributed by atoms with Crippen molar-refractivity contribution in [3.05, 3.63) is 28.8 Å². The van der Waals surface area contributed by atoms with E-state index in [4.69, 9.17) is 4.74 Å². The molecule has 0 radical (unpaired) electrons. The Kier molecular flexibility index (Phi) is 6.58. The molecule has 0 amide bonds. The number of fused-ring (bicyclic) bond motifs is 1. The highest BCUT2D eigenvalue weighted by atomic mass is 32.2. The van der Waals surface area contributed by atoms with Crippen LogP contribution in [-0.2, 0) is 14.8 Å². The predicted octanol–water partition coefficient (Wildman–Crippen LogP) is 5.39. The SMILES string of the molecule is CC(C)c1cc(C(C)C)c(S(=O)(=O)N2CCC[C@@H]3O[C@@H]3CCC2)c(C(C)C)c1. The van der Waals surface area contributed by atoms with Crippen LogP contribution in [-0.4, -0.2) is 38.0 Å². The molecule has 2 aliphatic rings. The third kappa shape index (κ3) is 4.47. The lowest BCUT2D eigenvalue weighted by Crippen LogP contribution is -2.34. The minimum atomic E-state index is -3.52. The van der Waals surface area contributed by atoms with Gasteiger partial charge in [0, 0.05) is 13.1 Å². The van der Waals surface area contributed by atoms with Crippen molar-refractivity contribution < 1.29 is 13.2 Å². The average Bonchev–Trinajstić information content (AvgIpc) is 3.35. The average molecular weight is 408 g/mol. The van der Waals surface area contributed by atoms with Crippen LogP contribution in [0.5, 0.6) is 0 Å². The van der Waals surface area contributed by atoms with Gasteiger partial charge in [0.1, 0.15) is 0 Å². The second-order valence-corrected chi connectivity index (χ2v) is 11.3. The summed E-state index contributed by atoms with van der Waals surface area (Å²) in [5.41, 5.74) is 3.18. The van der Waals surface area contributed by atoms with E-state index in [1.165, 1.54) is 5.56 Å². The number of sulfonamides is 1. The maximum Gasteiger partial charge on any atom is 0.243 e. The van der Waals surface area contributed by atoms with Crippen LogP contribution < -0.4 is 0 Å². The second kappa shape index (κ2) is 8.45. The highest BCUT2D eigenvalue weighted by molar-refractivity contribution is 7.89. The van der Waals surface area contributed by atoms with Gasteiger partial charge in [-0.05, 0) is 60.1 Å². The van der Waals surface area contributed by atoms with E-state index < -0.39 is 10.0 Å². The fraction of sp³-hybridized carbons (Fsp3) is 0.739. The van der Waals surface area contributed by atoms with Crippen molar-refractivity contribution in [1.29, 1.82) is 0 Å². The van der Waals surface area contributed by atoms with Crippen LogP contribution in [0.25, 0.3) is 0 Å². The third-order valence-electron chi connectivity index (χ3n) is 6.16. The van der Waals surface area contributed by atoms with Crippen LogP contribution in [0.2, 0.25) is 0 Å². The minimum Gasteiger partial charge on any atom is -0.370 e. The number of epoxide rings is 1. The molecule has 2 saturated heterocycles. The zero-order chi connectivity index (χ0) is 20.6. The first kappa shape index (κ1) is 21.8. The van der Waals surface area contributed by atoms with Crippen LogP contribution >= 0.6 is 0 Å². The molecule has 1 aromatic carbocycles. The molecule has 2 heterocycles. The van der Waals surface area contributed by atoms with Gasteiger partial charge in [-0.3, -0.25) is 0 Å². The van der Waals surface area contributed by atoms with Gasteiger partial charge in [-0.1, -0.05) is 53.7 Å². The Morgan fingerprint density at radius 2 is 1.32 bits per heavy atom. The Bertz CT molecular complexity index is 755. The summed E-state index contributed by atoms with van der Waals surface area (Å²) in [6.45, 7) is 13.9. The molecule has 5 heteroatoms. The van der Waals surface area contributed by atoms with Crippen LogP contribution in [0.1, 0.15) is 102 Å². The first-order valence-electron chi connectivity index (χ1n) is 11.0. The molecule has 4 nitrogen and oxygen atoms in total. The molecule has 0 aliphatic carbocycles. The lowest BCUT2D eigenvalue weighted by atomic mass is 9.89. The van der Waals surface area contributed by atoms with Gasteiger partial charge in [-0.25, -0.2) is 8.42 Å². The summed E-state index contributed by atoms with van der Waals surface area (Å²) in [5.74, 6) is 0.711. The maximum atomic E-state index is 13.9. The molecule has 2 fully saturated rings. The number of ether oxygens (including phenoxy) is 1. The number of benzene rings is 1. The highest BCUT2D eigenvalue weighted by Gasteiger charge is 2.40. The van der Waals surface area contributed by atoms with Crippen LogP contribution in [0, 0.1) is 0 Å². The molecule has 0 spiro atoms. The maximum absolute atomic E-state index is 13.9. The lowest BCUT2D eigenvalue weighted by molar-refractivity contribution is 0.318. The molecule has 158 valence electrons. The van der Waals surface area contributed by atoms with Crippen LogP contribution in [0.15, 0.2) is 17.0 Å². The predicted molar refractivity (Wildman–Crippen MR) is 115 cm³/mol. The fourth-order valence-electron chi connectivity index (χ4n) is 4.29. The van der Waals surface area contributed by atoms with Crippen LogP contribution in [0.4, 0.5) is 0 Å². The lowest BCUT2D eigenvalue weighted by Gasteiger charge is -2.28. The topological polar surface area (TPSA) is 49.9 Å². The molecule has 2 aliphatic heterocycles. The van der Waals surface area contributed by atoms with E-state index in [-0.39, 0.29) is 11.8 Å². The van der Waals surface area contributed by atoms with Gasteiger partial charge in [0.05, 0.1) is 17.1 Å². The molecule has 0 bridgehead atoms. The summed E-state index contributed by atoms with van der Waals surface area (Å²) in [6.07, 6.45) is 4.42. The van der Waals surface area contributed by atoms with E-state index in [0.29, 0.717) is 36.1 Å². The molecule has 28 heavy (non-hydrogen) atoms. The molecular formula is C23H37NO3S. The van der Waals surface area contributed by atoms with Gasteiger partial charge >= 0.3 is 0 Å². The van der Waals surface area contributed by atoms with Crippen LogP contribution in [0.3, 0.4) is 0 Å². The Morgan fingerprint density at radius 1 is 0.857 bits per heavy atom. The molecule has 0 saturated carbocycles. The number of hydrogen-bond donors (Lipinski definition) is 0. The minimum absolute atomic E-state index is 0.166. The summed E-state index contributed by atoms with van der Waals surface area (Å²) in [5, 5.41) is 0. The summed E-state index contributed by atoms with van der Waals surface area (Å²) < 4.78 is 35.2. The third-order valence-corrected chi connectivity index (χ3v) is 8.19. The van der Waals surface area contributed by atoms with Gasteiger partial charge in [0.2, 0.25) is 10.0 Å². The Balaban J connectivity index is 2.05. The van der Waals surface area contributed by atoms with Crippen molar-refractivity contribution in [2.24, 2.45) is 0 Å². The number of rotatable bonds is 5. The Hall–Kier alpha value is -0.910. The number of hydrogen-bond acceptors (Lipinski definition) is 3. The summed E-state index contributed by atoms with van der Waals surface area (Å²) in [4.78, 5) is 0.572. The molecular weight excluding hydrogens is 370 g/mol. The molecule has 0 unspecified atom stereocenters. The van der Waals surface area contributed by atoms with Gasteiger partial charge in [-0.15, -0.1) is 0 Å². The summed E-state index contributed by atoms with van der Waals surface area (Å²) in [7, 11) is -3.52. The monoisotopic (exact) mass is 407 g/mol. The molecule has 0 aromatic heterocycles. The van der Waals surface area contributed by atoms with Gasteiger partial charge in [0.25, 0.3) is 0 Å². The van der Waals surface area contributed by atoms with Gasteiger partial charge in [0.15, 0.2) is 0 Å². The van der Waals surface area contributed by atoms with Gasteiger partial charge < -0.3 is 4.74 Å². The second-order valence-electron chi connectivity index (χ2n) is 9.39. The Labute approximate surface area is 171 Å². The highest BCUT2D eigenvalue weighted by Crippen LogP contribution is 2.38. The largest absolute Gasteiger partial charge is 0.370 e. The van der Waals surface area contributed by atoms with E-state index in [0.717, 1.165) is 36.8 Å². The van der Waals surface area contributed by atoms with Gasteiger partial charge in [-0.2, -0.15) is 4.31 Å². The molecule has 1 aromatic rings. The van der Waals surface area contributed by atoms with E-state index in [1.54, 1.807) is 4.31 Å². The van der Waals surface area contributed by atoms with E-state index in [1.807, 2.05) is 0 Å². The van der Waals surface area contributed by atoms with Crippen molar-refractivity contribution >= 4 is 10.0 Å². The first-order valence-corrected chi connectivity index (χ1v) is 12.4. The normalized spacial score (nSPS) is 24.2. The molecule has 3 rings (SSSR count). The van der Waals surface area contributed by atoms with Crippen molar-refractivity contribution in [2.75, 3.05) is 13.1 Å². The summed E-state index contributed by atoms with van der Waals surface area (Å²) in [6, 6.07) is 4.26. The Morgan fingerprint density at radius 3 is 1.71 bits per heavy atom. The first-order chi connectivity index (χ1) is 13.1.